The van der Waals surface area contributed by atoms with Crippen LogP contribution in [-0.4, -0.2) is 46.6 Å². The van der Waals surface area contributed by atoms with Gasteiger partial charge in [-0.15, -0.1) is 0 Å². The molecule has 3 rings (SSSR count). The predicted octanol–water partition coefficient (Wildman–Crippen LogP) is 2.43. The van der Waals surface area contributed by atoms with E-state index in [4.69, 9.17) is 9.47 Å². The number of benzene rings is 2. The lowest BCUT2D eigenvalue weighted by molar-refractivity contribution is -0.144. The SMILES string of the molecule is COc1cc([C@@H]2c3cc(O)c(OC)cc3C=C(C(=O)O)[C@H]2C(=O)O)ccc1O. The number of rotatable bonds is 5. The van der Waals surface area contributed by atoms with E-state index >= 15 is 0 Å². The van der Waals surface area contributed by atoms with Crippen molar-refractivity contribution in [3.63, 3.8) is 0 Å². The van der Waals surface area contributed by atoms with Gasteiger partial charge in [-0.1, -0.05) is 6.07 Å². The molecule has 2 aromatic carbocycles. The fraction of sp³-hybridized carbons (Fsp3) is 0.200. The summed E-state index contributed by atoms with van der Waals surface area (Å²) in [7, 11) is 2.70. The van der Waals surface area contributed by atoms with Crippen molar-refractivity contribution in [2.45, 2.75) is 5.92 Å². The molecule has 28 heavy (non-hydrogen) atoms. The first-order valence-corrected chi connectivity index (χ1v) is 8.24. The van der Waals surface area contributed by atoms with Crippen LogP contribution in [0.15, 0.2) is 35.9 Å². The smallest absolute Gasteiger partial charge is 0.332 e. The third-order valence-corrected chi connectivity index (χ3v) is 4.77. The summed E-state index contributed by atoms with van der Waals surface area (Å²) >= 11 is 0. The van der Waals surface area contributed by atoms with Crippen molar-refractivity contribution in [1.29, 1.82) is 0 Å². The molecule has 0 heterocycles. The van der Waals surface area contributed by atoms with Gasteiger partial charge in [-0.05, 0) is 47.0 Å². The first kappa shape index (κ1) is 19.1. The van der Waals surface area contributed by atoms with Crippen LogP contribution in [0.2, 0.25) is 0 Å². The molecule has 8 nitrogen and oxygen atoms in total. The highest BCUT2D eigenvalue weighted by molar-refractivity contribution is 6.00. The zero-order valence-corrected chi connectivity index (χ0v) is 15.0. The van der Waals surface area contributed by atoms with Crippen molar-refractivity contribution in [3.8, 4) is 23.0 Å². The molecule has 0 saturated heterocycles. The minimum Gasteiger partial charge on any atom is -0.504 e. The fourth-order valence-corrected chi connectivity index (χ4v) is 3.50. The highest BCUT2D eigenvalue weighted by atomic mass is 16.5. The predicted molar refractivity (Wildman–Crippen MR) is 97.9 cm³/mol. The van der Waals surface area contributed by atoms with E-state index in [2.05, 4.69) is 0 Å². The average Bonchev–Trinajstić information content (AvgIpc) is 2.66. The molecule has 0 aliphatic heterocycles. The fourth-order valence-electron chi connectivity index (χ4n) is 3.50. The van der Waals surface area contributed by atoms with Crippen molar-refractivity contribution < 1.29 is 39.5 Å². The first-order valence-electron chi connectivity index (χ1n) is 8.24. The third-order valence-electron chi connectivity index (χ3n) is 4.77. The van der Waals surface area contributed by atoms with Crippen LogP contribution in [0.3, 0.4) is 0 Å². The molecular weight excluding hydrogens is 368 g/mol. The van der Waals surface area contributed by atoms with E-state index in [1.807, 2.05) is 0 Å². The maximum absolute atomic E-state index is 12.0. The molecule has 0 unspecified atom stereocenters. The normalized spacial score (nSPS) is 18.0. The van der Waals surface area contributed by atoms with E-state index in [-0.39, 0.29) is 28.6 Å². The molecule has 0 amide bonds. The Morgan fingerprint density at radius 2 is 1.57 bits per heavy atom. The van der Waals surface area contributed by atoms with Gasteiger partial charge >= 0.3 is 11.9 Å². The van der Waals surface area contributed by atoms with E-state index in [1.165, 1.54) is 50.6 Å². The van der Waals surface area contributed by atoms with Crippen LogP contribution < -0.4 is 9.47 Å². The molecule has 0 fully saturated rings. The summed E-state index contributed by atoms with van der Waals surface area (Å²) in [5.41, 5.74) is 0.953. The van der Waals surface area contributed by atoms with E-state index < -0.39 is 23.8 Å². The summed E-state index contributed by atoms with van der Waals surface area (Å²) in [5.74, 6) is -5.12. The molecule has 4 N–H and O–H groups in total. The molecule has 1 aliphatic rings. The van der Waals surface area contributed by atoms with Crippen LogP contribution in [0, 0.1) is 5.92 Å². The molecule has 0 saturated carbocycles. The Bertz CT molecular complexity index is 992. The number of aromatic hydroxyl groups is 2. The lowest BCUT2D eigenvalue weighted by Crippen LogP contribution is -2.31. The number of hydrogen-bond acceptors (Lipinski definition) is 6. The first-order chi connectivity index (χ1) is 13.3. The van der Waals surface area contributed by atoms with Gasteiger partial charge in [0.15, 0.2) is 23.0 Å². The minimum atomic E-state index is -1.41. The Morgan fingerprint density at radius 1 is 0.929 bits per heavy atom. The number of phenolic OH excluding ortho intramolecular Hbond substituents is 2. The molecule has 0 aromatic heterocycles. The second-order valence-corrected chi connectivity index (χ2v) is 6.28. The van der Waals surface area contributed by atoms with Crippen LogP contribution in [0.1, 0.15) is 22.6 Å². The minimum absolute atomic E-state index is 0.118. The molecule has 0 radical (unpaired) electrons. The van der Waals surface area contributed by atoms with E-state index in [0.29, 0.717) is 16.7 Å². The van der Waals surface area contributed by atoms with Crippen LogP contribution in [0.25, 0.3) is 6.08 Å². The van der Waals surface area contributed by atoms with Crippen molar-refractivity contribution in [2.75, 3.05) is 14.2 Å². The Kier molecular flexibility index (Phi) is 4.87. The Balaban J connectivity index is 2.32. The van der Waals surface area contributed by atoms with Gasteiger partial charge in [0.1, 0.15) is 0 Å². The molecule has 1 aliphatic carbocycles. The summed E-state index contributed by atoms with van der Waals surface area (Å²) in [6.07, 6.45) is 1.27. The van der Waals surface area contributed by atoms with Gasteiger partial charge in [0.2, 0.25) is 0 Å². The summed E-state index contributed by atoms with van der Waals surface area (Å²) in [5, 5.41) is 39.4. The Morgan fingerprint density at radius 3 is 2.14 bits per heavy atom. The van der Waals surface area contributed by atoms with Gasteiger partial charge in [0.25, 0.3) is 0 Å². The number of carboxylic acids is 2. The van der Waals surface area contributed by atoms with Crippen molar-refractivity contribution in [1.82, 2.24) is 0 Å². The largest absolute Gasteiger partial charge is 0.504 e. The van der Waals surface area contributed by atoms with Crippen LogP contribution >= 0.6 is 0 Å². The second kappa shape index (κ2) is 7.15. The number of ether oxygens (including phenoxy) is 2. The molecule has 2 aromatic rings. The molecular formula is C20H18O8. The molecule has 8 heteroatoms. The monoisotopic (exact) mass is 386 g/mol. The topological polar surface area (TPSA) is 134 Å². The van der Waals surface area contributed by atoms with E-state index in [0.717, 1.165) is 0 Å². The van der Waals surface area contributed by atoms with Gasteiger partial charge in [0.05, 0.1) is 25.7 Å². The van der Waals surface area contributed by atoms with Crippen molar-refractivity contribution in [2.24, 2.45) is 5.92 Å². The van der Waals surface area contributed by atoms with Crippen LogP contribution in [0.5, 0.6) is 23.0 Å². The van der Waals surface area contributed by atoms with Crippen LogP contribution in [0.4, 0.5) is 0 Å². The lowest BCUT2D eigenvalue weighted by atomic mass is 9.71. The number of fused-ring (bicyclic) bond motifs is 1. The average molecular weight is 386 g/mol. The lowest BCUT2D eigenvalue weighted by Gasteiger charge is -2.31. The van der Waals surface area contributed by atoms with Gasteiger partial charge in [-0.3, -0.25) is 4.79 Å². The second-order valence-electron chi connectivity index (χ2n) is 6.28. The summed E-state index contributed by atoms with van der Waals surface area (Å²) in [4.78, 5) is 23.8. The molecule has 0 spiro atoms. The Hall–Kier alpha value is -3.68. The van der Waals surface area contributed by atoms with Crippen molar-refractivity contribution >= 4 is 18.0 Å². The highest BCUT2D eigenvalue weighted by Crippen LogP contribution is 2.47. The molecule has 146 valence electrons. The quantitative estimate of drug-likeness (QED) is 0.616. The molecule has 0 bridgehead atoms. The van der Waals surface area contributed by atoms with Crippen molar-refractivity contribution in [3.05, 3.63) is 52.6 Å². The number of aliphatic carboxylic acids is 2. The number of phenols is 2. The highest BCUT2D eigenvalue weighted by Gasteiger charge is 2.41. The number of methoxy groups -OCH3 is 2. The third kappa shape index (κ3) is 3.09. The standard InChI is InChI=1S/C20H18O8/c1-27-15-6-9(3-4-13(15)21)17-11-8-14(22)16(28-2)7-10(11)5-12(19(23)24)18(17)20(25)26/h3-8,17-18,21-22H,1-2H3,(H,23,24)(H,25,26)/t17-,18-/m1/s1. The van der Waals surface area contributed by atoms with Gasteiger partial charge in [0, 0.05) is 5.92 Å². The maximum Gasteiger partial charge on any atom is 0.332 e. The van der Waals surface area contributed by atoms with Gasteiger partial charge in [-0.25, -0.2) is 4.79 Å². The van der Waals surface area contributed by atoms with E-state index in [9.17, 15) is 30.0 Å². The zero-order valence-electron chi connectivity index (χ0n) is 15.0. The maximum atomic E-state index is 12.0. The summed E-state index contributed by atoms with van der Waals surface area (Å²) in [6, 6.07) is 7.11. The van der Waals surface area contributed by atoms with Gasteiger partial charge in [-0.2, -0.15) is 0 Å². The number of carboxylic acid groups (broad SMARTS) is 2. The molecule has 2 atom stereocenters. The Labute approximate surface area is 159 Å². The summed E-state index contributed by atoms with van der Waals surface area (Å²) < 4.78 is 10.2. The number of hydrogen-bond donors (Lipinski definition) is 4. The van der Waals surface area contributed by atoms with Gasteiger partial charge < -0.3 is 29.9 Å². The van der Waals surface area contributed by atoms with E-state index in [1.54, 1.807) is 0 Å². The van der Waals surface area contributed by atoms with Crippen LogP contribution in [-0.2, 0) is 9.59 Å². The summed E-state index contributed by atoms with van der Waals surface area (Å²) in [6.45, 7) is 0. The number of carbonyl (C=O) groups is 2. The zero-order chi connectivity index (χ0) is 20.6.